The number of amides is 1. The lowest BCUT2D eigenvalue weighted by Crippen LogP contribution is -2.12. The molecule has 5 heteroatoms. The van der Waals surface area contributed by atoms with Gasteiger partial charge in [0.05, 0.1) is 24.7 Å². The number of nitrogens with zero attached hydrogens (tertiary/aromatic N) is 1. The quantitative estimate of drug-likeness (QED) is 0.727. The molecule has 25 heavy (non-hydrogen) atoms. The van der Waals surface area contributed by atoms with E-state index in [2.05, 4.69) is 15.6 Å². The number of aryl methyl sites for hydroxylation is 1. The van der Waals surface area contributed by atoms with Crippen LogP contribution in [0.5, 0.6) is 5.75 Å². The lowest BCUT2D eigenvalue weighted by atomic mass is 10.1. The van der Waals surface area contributed by atoms with Gasteiger partial charge in [-0.25, -0.2) is 4.98 Å². The number of nitrogens with one attached hydrogen (secondary N) is 2. The average Bonchev–Trinajstić information content (AvgIpc) is 2.64. The zero-order valence-electron chi connectivity index (χ0n) is 14.1. The minimum atomic E-state index is -0.157. The molecule has 0 saturated carbocycles. The number of hydrogen-bond donors (Lipinski definition) is 2. The van der Waals surface area contributed by atoms with Gasteiger partial charge in [0.25, 0.3) is 5.91 Å². The lowest BCUT2D eigenvalue weighted by Gasteiger charge is -2.11. The topological polar surface area (TPSA) is 63.2 Å². The molecule has 0 spiro atoms. The van der Waals surface area contributed by atoms with Crippen molar-refractivity contribution < 1.29 is 9.53 Å². The summed E-state index contributed by atoms with van der Waals surface area (Å²) in [5, 5.41) is 6.04. The Balaban J connectivity index is 1.69. The lowest BCUT2D eigenvalue weighted by molar-refractivity contribution is 0.102. The predicted molar refractivity (Wildman–Crippen MR) is 99.6 cm³/mol. The highest BCUT2D eigenvalue weighted by Crippen LogP contribution is 2.26. The monoisotopic (exact) mass is 333 g/mol. The minimum absolute atomic E-state index is 0.157. The first-order chi connectivity index (χ1) is 12.2. The van der Waals surface area contributed by atoms with Gasteiger partial charge in [0, 0.05) is 5.56 Å². The third-order valence-corrected chi connectivity index (χ3v) is 3.67. The van der Waals surface area contributed by atoms with Gasteiger partial charge in [0.1, 0.15) is 11.6 Å². The van der Waals surface area contributed by atoms with Crippen LogP contribution in [-0.2, 0) is 0 Å². The van der Waals surface area contributed by atoms with E-state index in [1.165, 1.54) is 0 Å². The number of pyridine rings is 1. The molecule has 0 atom stereocenters. The maximum atomic E-state index is 12.3. The average molecular weight is 333 g/mol. The van der Waals surface area contributed by atoms with Gasteiger partial charge < -0.3 is 15.4 Å². The highest BCUT2D eigenvalue weighted by molar-refractivity contribution is 6.04. The van der Waals surface area contributed by atoms with Crippen molar-refractivity contribution in [3.63, 3.8) is 0 Å². The van der Waals surface area contributed by atoms with E-state index in [-0.39, 0.29) is 5.91 Å². The summed E-state index contributed by atoms with van der Waals surface area (Å²) in [7, 11) is 1.62. The number of ether oxygens (including phenoxy) is 1. The predicted octanol–water partition coefficient (Wildman–Crippen LogP) is 4.39. The molecule has 0 aliphatic heterocycles. The van der Waals surface area contributed by atoms with E-state index in [1.54, 1.807) is 31.5 Å². The Morgan fingerprint density at radius 1 is 1.04 bits per heavy atom. The standard InChI is InChI=1S/C20H19N3O2/c1-14-6-5-7-15(12-14)20(24)22-16-10-11-19(21-13-16)23-17-8-3-4-9-18(17)25-2/h3-13H,1-2H3,(H,21,23)(H,22,24). The maximum Gasteiger partial charge on any atom is 0.255 e. The van der Waals surface area contributed by atoms with Gasteiger partial charge in [-0.3, -0.25) is 4.79 Å². The number of rotatable bonds is 5. The van der Waals surface area contributed by atoms with E-state index >= 15 is 0 Å². The van der Waals surface area contributed by atoms with Crippen LogP contribution in [0.2, 0.25) is 0 Å². The van der Waals surface area contributed by atoms with E-state index in [4.69, 9.17) is 4.74 Å². The molecule has 2 aromatic carbocycles. The number of carbonyl (C=O) groups is 1. The van der Waals surface area contributed by atoms with Crippen molar-refractivity contribution >= 4 is 23.1 Å². The van der Waals surface area contributed by atoms with Crippen LogP contribution in [-0.4, -0.2) is 18.0 Å². The summed E-state index contributed by atoms with van der Waals surface area (Å²) in [6.45, 7) is 1.96. The molecule has 0 saturated heterocycles. The van der Waals surface area contributed by atoms with Gasteiger partial charge in [0.2, 0.25) is 0 Å². The number of benzene rings is 2. The Kier molecular flexibility index (Phi) is 4.95. The fourth-order valence-electron chi connectivity index (χ4n) is 2.42. The summed E-state index contributed by atoms with van der Waals surface area (Å²) in [5.74, 6) is 1.25. The first-order valence-electron chi connectivity index (χ1n) is 7.90. The number of para-hydroxylation sites is 2. The van der Waals surface area contributed by atoms with E-state index in [1.807, 2.05) is 49.4 Å². The summed E-state index contributed by atoms with van der Waals surface area (Å²) in [6.07, 6.45) is 1.62. The highest BCUT2D eigenvalue weighted by atomic mass is 16.5. The van der Waals surface area contributed by atoms with Crippen molar-refractivity contribution in [2.24, 2.45) is 0 Å². The molecule has 0 unspecified atom stereocenters. The van der Waals surface area contributed by atoms with Crippen LogP contribution < -0.4 is 15.4 Å². The van der Waals surface area contributed by atoms with Gasteiger partial charge in [-0.1, -0.05) is 29.8 Å². The first kappa shape index (κ1) is 16.5. The molecule has 2 N–H and O–H groups in total. The molecular weight excluding hydrogens is 314 g/mol. The van der Waals surface area contributed by atoms with E-state index in [9.17, 15) is 4.79 Å². The summed E-state index contributed by atoms with van der Waals surface area (Å²) < 4.78 is 5.31. The number of aromatic nitrogens is 1. The molecule has 1 aromatic heterocycles. The van der Waals surface area contributed by atoms with Gasteiger partial charge in [-0.2, -0.15) is 0 Å². The number of methoxy groups -OCH3 is 1. The molecule has 126 valence electrons. The zero-order chi connectivity index (χ0) is 17.6. The Hall–Kier alpha value is -3.34. The third kappa shape index (κ3) is 4.14. The number of hydrogen-bond acceptors (Lipinski definition) is 4. The van der Waals surface area contributed by atoms with Gasteiger partial charge >= 0.3 is 0 Å². The summed E-state index contributed by atoms with van der Waals surface area (Å²) in [4.78, 5) is 16.6. The number of anilines is 3. The van der Waals surface area contributed by atoms with E-state index in [0.717, 1.165) is 17.0 Å². The maximum absolute atomic E-state index is 12.3. The van der Waals surface area contributed by atoms with Crippen molar-refractivity contribution in [3.8, 4) is 5.75 Å². The second kappa shape index (κ2) is 7.49. The molecule has 0 bridgehead atoms. The van der Waals surface area contributed by atoms with Crippen LogP contribution in [0.15, 0.2) is 66.9 Å². The molecular formula is C20H19N3O2. The molecule has 0 fully saturated rings. The molecule has 1 heterocycles. The summed E-state index contributed by atoms with van der Waals surface area (Å²) in [6, 6.07) is 18.7. The van der Waals surface area contributed by atoms with E-state index < -0.39 is 0 Å². The summed E-state index contributed by atoms with van der Waals surface area (Å²) >= 11 is 0. The van der Waals surface area contributed by atoms with Crippen molar-refractivity contribution in [2.75, 3.05) is 17.7 Å². The Morgan fingerprint density at radius 3 is 2.60 bits per heavy atom. The highest BCUT2D eigenvalue weighted by Gasteiger charge is 2.07. The Bertz CT molecular complexity index is 876. The zero-order valence-corrected chi connectivity index (χ0v) is 14.1. The van der Waals surface area contributed by atoms with Crippen molar-refractivity contribution in [1.29, 1.82) is 0 Å². The largest absolute Gasteiger partial charge is 0.495 e. The van der Waals surface area contributed by atoms with Crippen molar-refractivity contribution in [1.82, 2.24) is 4.98 Å². The molecule has 1 amide bonds. The van der Waals surface area contributed by atoms with Crippen molar-refractivity contribution in [3.05, 3.63) is 78.0 Å². The van der Waals surface area contributed by atoms with Gasteiger partial charge in [0.15, 0.2) is 0 Å². The fraction of sp³-hybridized carbons (Fsp3) is 0.100. The van der Waals surface area contributed by atoms with E-state index in [0.29, 0.717) is 17.1 Å². The molecule has 3 aromatic rings. The van der Waals surface area contributed by atoms with Gasteiger partial charge in [-0.05, 0) is 43.3 Å². The van der Waals surface area contributed by atoms with Crippen LogP contribution in [0, 0.1) is 6.92 Å². The minimum Gasteiger partial charge on any atom is -0.495 e. The van der Waals surface area contributed by atoms with Gasteiger partial charge in [-0.15, -0.1) is 0 Å². The SMILES string of the molecule is COc1ccccc1Nc1ccc(NC(=O)c2cccc(C)c2)cn1. The number of carbonyl (C=O) groups excluding carboxylic acids is 1. The van der Waals surface area contributed by atoms with Crippen LogP contribution in [0.1, 0.15) is 15.9 Å². The second-order valence-corrected chi connectivity index (χ2v) is 5.58. The fourth-order valence-corrected chi connectivity index (χ4v) is 2.42. The smallest absolute Gasteiger partial charge is 0.255 e. The third-order valence-electron chi connectivity index (χ3n) is 3.67. The summed E-state index contributed by atoms with van der Waals surface area (Å²) in [5.41, 5.74) is 3.13. The van der Waals surface area contributed by atoms with Crippen LogP contribution >= 0.6 is 0 Å². The molecule has 3 rings (SSSR count). The Morgan fingerprint density at radius 2 is 1.88 bits per heavy atom. The second-order valence-electron chi connectivity index (χ2n) is 5.58. The molecule has 5 nitrogen and oxygen atoms in total. The van der Waals surface area contributed by atoms with Crippen molar-refractivity contribution in [2.45, 2.75) is 6.92 Å². The first-order valence-corrected chi connectivity index (χ1v) is 7.90. The van der Waals surface area contributed by atoms with Crippen LogP contribution in [0.3, 0.4) is 0 Å². The molecule has 0 aliphatic rings. The molecule has 0 radical (unpaired) electrons. The molecule has 0 aliphatic carbocycles. The van der Waals surface area contributed by atoms with Crippen LogP contribution in [0.4, 0.5) is 17.2 Å². The Labute approximate surface area is 146 Å². The normalized spacial score (nSPS) is 10.2. The van der Waals surface area contributed by atoms with Crippen LogP contribution in [0.25, 0.3) is 0 Å².